The number of piperazine rings is 1. The molecule has 2 amide bonds. The largest absolute Gasteiger partial charge is 0.336 e. The van der Waals surface area contributed by atoms with Gasteiger partial charge in [0.15, 0.2) is 0 Å². The summed E-state index contributed by atoms with van der Waals surface area (Å²) in [6.45, 7) is 3.77. The third-order valence-corrected chi connectivity index (χ3v) is 6.62. The van der Waals surface area contributed by atoms with Gasteiger partial charge in [0.1, 0.15) is 0 Å². The van der Waals surface area contributed by atoms with Crippen LogP contribution in [0.25, 0.3) is 0 Å². The molecule has 0 saturated carbocycles. The van der Waals surface area contributed by atoms with E-state index in [9.17, 15) is 9.59 Å². The van der Waals surface area contributed by atoms with Gasteiger partial charge in [0.25, 0.3) is 11.8 Å². The van der Waals surface area contributed by atoms with Gasteiger partial charge in [0.2, 0.25) is 0 Å². The van der Waals surface area contributed by atoms with Crippen molar-refractivity contribution < 1.29 is 9.59 Å². The lowest BCUT2D eigenvalue weighted by Crippen LogP contribution is -2.48. The Hall–Kier alpha value is -2.67. The van der Waals surface area contributed by atoms with Gasteiger partial charge >= 0.3 is 0 Å². The van der Waals surface area contributed by atoms with Crippen molar-refractivity contribution in [1.82, 2.24) is 9.80 Å². The van der Waals surface area contributed by atoms with E-state index in [0.717, 1.165) is 24.7 Å². The highest BCUT2D eigenvalue weighted by molar-refractivity contribution is 7.12. The molecule has 0 spiro atoms. The molecule has 31 heavy (non-hydrogen) atoms. The number of amides is 2. The molecule has 1 aliphatic heterocycles. The van der Waals surface area contributed by atoms with Gasteiger partial charge < -0.3 is 9.80 Å². The minimum Gasteiger partial charge on any atom is -0.336 e. The number of nitrogens with zero attached hydrogens (tertiary/aromatic N) is 3. The summed E-state index contributed by atoms with van der Waals surface area (Å²) in [4.78, 5) is 32.5. The topological polar surface area (TPSA) is 43.9 Å². The van der Waals surface area contributed by atoms with Crippen molar-refractivity contribution in [2.45, 2.75) is 6.54 Å². The highest BCUT2D eigenvalue weighted by Crippen LogP contribution is 2.24. The molecular formula is C24H24ClN3O2S. The van der Waals surface area contributed by atoms with Crippen molar-refractivity contribution in [3.63, 3.8) is 0 Å². The fourth-order valence-electron chi connectivity index (χ4n) is 3.75. The van der Waals surface area contributed by atoms with Crippen LogP contribution in [0.15, 0.2) is 66.0 Å². The maximum Gasteiger partial charge on any atom is 0.268 e. The van der Waals surface area contributed by atoms with Crippen molar-refractivity contribution in [1.29, 1.82) is 0 Å². The summed E-state index contributed by atoms with van der Waals surface area (Å²) in [5.74, 6) is -0.143. The quantitative estimate of drug-likeness (QED) is 0.565. The minimum atomic E-state index is -0.108. The first-order valence-electron chi connectivity index (χ1n) is 10.2. The molecule has 3 aromatic rings. The standard InChI is InChI=1S/C24H24ClN3O2S/c1-26(24(30)22-7-4-16-31-22)21-6-3-2-5-20(21)23(29)28-14-12-27(13-15-28)17-18-8-10-19(25)11-9-18/h2-11,16H,12-15,17H2,1H3. The SMILES string of the molecule is CN(C(=O)c1cccs1)c1ccccc1C(=O)N1CCN(Cc2ccc(Cl)cc2)CC1. The molecule has 0 radical (unpaired) electrons. The Morgan fingerprint density at radius 3 is 2.35 bits per heavy atom. The summed E-state index contributed by atoms with van der Waals surface area (Å²) in [5.41, 5.74) is 2.40. The summed E-state index contributed by atoms with van der Waals surface area (Å²) in [7, 11) is 1.72. The Kier molecular flexibility index (Phi) is 6.70. The van der Waals surface area contributed by atoms with Gasteiger partial charge in [0, 0.05) is 44.8 Å². The molecular weight excluding hydrogens is 430 g/mol. The van der Waals surface area contributed by atoms with E-state index in [1.807, 2.05) is 58.8 Å². The van der Waals surface area contributed by atoms with Crippen LogP contribution in [0.1, 0.15) is 25.6 Å². The predicted octanol–water partition coefficient (Wildman–Crippen LogP) is 4.64. The van der Waals surface area contributed by atoms with E-state index in [2.05, 4.69) is 4.90 Å². The van der Waals surface area contributed by atoms with E-state index >= 15 is 0 Å². The van der Waals surface area contributed by atoms with Crippen LogP contribution < -0.4 is 4.90 Å². The first-order valence-corrected chi connectivity index (χ1v) is 11.5. The molecule has 2 heterocycles. The van der Waals surface area contributed by atoms with Gasteiger partial charge in [-0.3, -0.25) is 14.5 Å². The Balaban J connectivity index is 1.42. The van der Waals surface area contributed by atoms with Gasteiger partial charge in [-0.05, 0) is 41.3 Å². The lowest BCUT2D eigenvalue weighted by atomic mass is 10.1. The Morgan fingerprint density at radius 1 is 0.968 bits per heavy atom. The van der Waals surface area contributed by atoms with E-state index < -0.39 is 0 Å². The van der Waals surface area contributed by atoms with E-state index in [1.54, 1.807) is 24.1 Å². The monoisotopic (exact) mass is 453 g/mol. The molecule has 0 N–H and O–H groups in total. The van der Waals surface area contributed by atoms with Crippen LogP contribution in [0.4, 0.5) is 5.69 Å². The minimum absolute atomic E-state index is 0.0347. The second-order valence-corrected chi connectivity index (χ2v) is 8.94. The molecule has 0 atom stereocenters. The zero-order valence-corrected chi connectivity index (χ0v) is 18.9. The number of hydrogen-bond acceptors (Lipinski definition) is 4. The Labute approximate surface area is 191 Å². The zero-order chi connectivity index (χ0) is 21.8. The molecule has 0 aliphatic carbocycles. The third kappa shape index (κ3) is 4.98. The van der Waals surface area contributed by atoms with Gasteiger partial charge in [-0.25, -0.2) is 0 Å². The van der Waals surface area contributed by atoms with Gasteiger partial charge in [-0.15, -0.1) is 11.3 Å². The van der Waals surface area contributed by atoms with Crippen molar-refractivity contribution in [2.24, 2.45) is 0 Å². The third-order valence-electron chi connectivity index (χ3n) is 5.51. The van der Waals surface area contributed by atoms with Crippen LogP contribution in [-0.2, 0) is 6.54 Å². The van der Waals surface area contributed by atoms with Gasteiger partial charge in [-0.1, -0.05) is 41.9 Å². The average molecular weight is 454 g/mol. The number of benzene rings is 2. The van der Waals surface area contributed by atoms with Crippen LogP contribution >= 0.6 is 22.9 Å². The molecule has 0 bridgehead atoms. The van der Waals surface area contributed by atoms with Crippen molar-refractivity contribution in [2.75, 3.05) is 38.1 Å². The van der Waals surface area contributed by atoms with E-state index in [4.69, 9.17) is 11.6 Å². The Bertz CT molecular complexity index is 1040. The van der Waals surface area contributed by atoms with E-state index in [0.29, 0.717) is 29.2 Å². The first-order chi connectivity index (χ1) is 15.0. The lowest BCUT2D eigenvalue weighted by molar-refractivity contribution is 0.0629. The number of hydrogen-bond donors (Lipinski definition) is 0. The molecule has 0 unspecified atom stereocenters. The molecule has 5 nitrogen and oxygen atoms in total. The second-order valence-electron chi connectivity index (χ2n) is 7.55. The van der Waals surface area contributed by atoms with Crippen LogP contribution in [0.5, 0.6) is 0 Å². The predicted molar refractivity (Wildman–Crippen MR) is 126 cm³/mol. The summed E-state index contributed by atoms with van der Waals surface area (Å²) >= 11 is 7.37. The molecule has 1 fully saturated rings. The van der Waals surface area contributed by atoms with Crippen LogP contribution in [-0.4, -0.2) is 54.8 Å². The van der Waals surface area contributed by atoms with Gasteiger partial charge in [-0.2, -0.15) is 0 Å². The van der Waals surface area contributed by atoms with Crippen LogP contribution in [0, 0.1) is 0 Å². The number of rotatable bonds is 5. The number of carbonyl (C=O) groups excluding carboxylic acids is 2. The fraction of sp³-hybridized carbons (Fsp3) is 0.250. The van der Waals surface area contributed by atoms with Crippen LogP contribution in [0.3, 0.4) is 0 Å². The molecule has 1 aliphatic rings. The maximum atomic E-state index is 13.3. The molecule has 1 saturated heterocycles. The second kappa shape index (κ2) is 9.64. The smallest absolute Gasteiger partial charge is 0.268 e. The van der Waals surface area contributed by atoms with E-state index in [1.165, 1.54) is 16.9 Å². The maximum absolute atomic E-state index is 13.3. The number of para-hydroxylation sites is 1. The van der Waals surface area contributed by atoms with Crippen molar-refractivity contribution >= 4 is 40.4 Å². The summed E-state index contributed by atoms with van der Waals surface area (Å²) in [6.07, 6.45) is 0. The van der Waals surface area contributed by atoms with E-state index in [-0.39, 0.29) is 11.8 Å². The molecule has 4 rings (SSSR count). The highest BCUT2D eigenvalue weighted by Gasteiger charge is 2.26. The normalized spacial score (nSPS) is 14.5. The number of anilines is 1. The summed E-state index contributed by atoms with van der Waals surface area (Å²) < 4.78 is 0. The van der Waals surface area contributed by atoms with Crippen LogP contribution in [0.2, 0.25) is 5.02 Å². The molecule has 2 aromatic carbocycles. The van der Waals surface area contributed by atoms with Crippen molar-refractivity contribution in [3.8, 4) is 0 Å². The summed E-state index contributed by atoms with van der Waals surface area (Å²) in [5, 5.41) is 2.61. The number of thiophene rings is 1. The molecule has 160 valence electrons. The highest BCUT2D eigenvalue weighted by atomic mass is 35.5. The zero-order valence-electron chi connectivity index (χ0n) is 17.3. The number of halogens is 1. The summed E-state index contributed by atoms with van der Waals surface area (Å²) in [6, 6.07) is 18.9. The van der Waals surface area contributed by atoms with Crippen molar-refractivity contribution in [3.05, 3.63) is 87.1 Å². The number of carbonyl (C=O) groups is 2. The molecule has 1 aromatic heterocycles. The lowest BCUT2D eigenvalue weighted by Gasteiger charge is -2.35. The first kappa shape index (κ1) is 21.6. The molecule has 7 heteroatoms. The Morgan fingerprint density at radius 2 is 1.68 bits per heavy atom. The average Bonchev–Trinajstić information content (AvgIpc) is 3.35. The van der Waals surface area contributed by atoms with Gasteiger partial charge in [0.05, 0.1) is 16.1 Å². The fourth-order valence-corrected chi connectivity index (χ4v) is 4.57.